The first-order valence-electron chi connectivity index (χ1n) is 10.0. The SMILES string of the molecule is Cc1ccc(S(=O)(=O)N2CC[C@](SCc3ccccc3)(C(=O)OC(C)(C)C)C2=O)cc1. The maximum absolute atomic E-state index is 13.5. The zero-order valence-electron chi connectivity index (χ0n) is 18.1. The maximum Gasteiger partial charge on any atom is 0.332 e. The Bertz CT molecular complexity index is 1060. The molecule has 0 spiro atoms. The summed E-state index contributed by atoms with van der Waals surface area (Å²) in [6.45, 7) is 6.95. The Kier molecular flexibility index (Phi) is 6.53. The van der Waals surface area contributed by atoms with Crippen LogP contribution in [0.5, 0.6) is 0 Å². The molecule has 1 heterocycles. The van der Waals surface area contributed by atoms with Crippen molar-refractivity contribution in [2.24, 2.45) is 0 Å². The fourth-order valence-corrected chi connectivity index (χ4v) is 5.99. The largest absolute Gasteiger partial charge is 0.459 e. The molecule has 8 heteroatoms. The molecule has 1 fully saturated rings. The summed E-state index contributed by atoms with van der Waals surface area (Å²) in [7, 11) is -4.07. The molecule has 1 atom stereocenters. The van der Waals surface area contributed by atoms with Crippen LogP contribution in [0.1, 0.15) is 38.3 Å². The van der Waals surface area contributed by atoms with Gasteiger partial charge in [-0.2, -0.15) is 0 Å². The van der Waals surface area contributed by atoms with Gasteiger partial charge >= 0.3 is 5.97 Å². The van der Waals surface area contributed by atoms with Crippen LogP contribution in [0.3, 0.4) is 0 Å². The summed E-state index contributed by atoms with van der Waals surface area (Å²) in [5.74, 6) is -1.07. The molecule has 0 radical (unpaired) electrons. The van der Waals surface area contributed by atoms with E-state index in [0.29, 0.717) is 5.75 Å². The number of sulfonamides is 1. The first kappa shape index (κ1) is 23.3. The summed E-state index contributed by atoms with van der Waals surface area (Å²) in [4.78, 5) is 26.7. The van der Waals surface area contributed by atoms with Gasteiger partial charge in [-0.1, -0.05) is 48.0 Å². The van der Waals surface area contributed by atoms with Gasteiger partial charge < -0.3 is 4.74 Å². The molecular formula is C23H27NO5S2. The lowest BCUT2D eigenvalue weighted by atomic mass is 10.1. The molecule has 0 N–H and O–H groups in total. The number of nitrogens with zero attached hydrogens (tertiary/aromatic N) is 1. The van der Waals surface area contributed by atoms with E-state index in [4.69, 9.17) is 4.74 Å². The zero-order valence-corrected chi connectivity index (χ0v) is 19.8. The minimum Gasteiger partial charge on any atom is -0.459 e. The van der Waals surface area contributed by atoms with Crippen LogP contribution in [0.2, 0.25) is 0 Å². The van der Waals surface area contributed by atoms with Crippen molar-refractivity contribution in [3.05, 3.63) is 65.7 Å². The van der Waals surface area contributed by atoms with E-state index in [1.807, 2.05) is 37.3 Å². The van der Waals surface area contributed by atoms with Crippen LogP contribution in [0.4, 0.5) is 0 Å². The molecule has 2 aromatic rings. The molecule has 1 aliphatic rings. The van der Waals surface area contributed by atoms with E-state index in [-0.39, 0.29) is 17.9 Å². The highest BCUT2D eigenvalue weighted by molar-refractivity contribution is 8.01. The second-order valence-electron chi connectivity index (χ2n) is 8.55. The van der Waals surface area contributed by atoms with Crippen LogP contribution in [0.25, 0.3) is 0 Å². The molecule has 0 bridgehead atoms. The first-order chi connectivity index (χ1) is 14.5. The van der Waals surface area contributed by atoms with Gasteiger partial charge in [-0.05, 0) is 45.4 Å². The van der Waals surface area contributed by atoms with Crippen molar-refractivity contribution in [2.45, 2.75) is 55.1 Å². The van der Waals surface area contributed by atoms with Gasteiger partial charge in [0.15, 0.2) is 4.75 Å². The van der Waals surface area contributed by atoms with Gasteiger partial charge in [0, 0.05) is 18.7 Å². The molecule has 0 aromatic heterocycles. The fourth-order valence-electron chi connectivity index (χ4n) is 3.26. The first-order valence-corrected chi connectivity index (χ1v) is 12.4. The van der Waals surface area contributed by atoms with Gasteiger partial charge in [-0.25, -0.2) is 17.5 Å². The van der Waals surface area contributed by atoms with E-state index in [9.17, 15) is 18.0 Å². The van der Waals surface area contributed by atoms with E-state index in [2.05, 4.69) is 0 Å². The molecule has 0 unspecified atom stereocenters. The molecule has 2 aromatic carbocycles. The van der Waals surface area contributed by atoms with Gasteiger partial charge in [0.1, 0.15) is 5.60 Å². The molecule has 31 heavy (non-hydrogen) atoms. The van der Waals surface area contributed by atoms with Gasteiger partial charge in [-0.3, -0.25) is 4.79 Å². The van der Waals surface area contributed by atoms with Gasteiger partial charge in [-0.15, -0.1) is 11.8 Å². The predicted molar refractivity (Wildman–Crippen MR) is 121 cm³/mol. The number of amides is 1. The van der Waals surface area contributed by atoms with Gasteiger partial charge in [0.25, 0.3) is 15.9 Å². The summed E-state index contributed by atoms with van der Waals surface area (Å²) in [5.41, 5.74) is 1.04. The zero-order chi connectivity index (χ0) is 22.9. The van der Waals surface area contributed by atoms with E-state index < -0.39 is 32.2 Å². The Labute approximate surface area is 188 Å². The Hall–Kier alpha value is -2.32. The number of hydrogen-bond acceptors (Lipinski definition) is 6. The van der Waals surface area contributed by atoms with Crippen molar-refractivity contribution in [2.75, 3.05) is 6.54 Å². The molecule has 0 aliphatic carbocycles. The molecule has 1 saturated heterocycles. The number of thioether (sulfide) groups is 1. The highest BCUT2D eigenvalue weighted by Gasteiger charge is 2.58. The lowest BCUT2D eigenvalue weighted by Crippen LogP contribution is -2.48. The number of rotatable bonds is 6. The number of esters is 1. The third kappa shape index (κ3) is 4.96. The van der Waals surface area contributed by atoms with Gasteiger partial charge in [0.05, 0.1) is 4.90 Å². The lowest BCUT2D eigenvalue weighted by Gasteiger charge is -2.29. The average molecular weight is 462 g/mol. The summed E-state index contributed by atoms with van der Waals surface area (Å²) in [6.07, 6.45) is 0.0589. The van der Waals surface area contributed by atoms with Crippen LogP contribution in [0, 0.1) is 6.92 Å². The summed E-state index contributed by atoms with van der Waals surface area (Å²) in [6, 6.07) is 15.7. The summed E-state index contributed by atoms with van der Waals surface area (Å²) >= 11 is 1.13. The van der Waals surface area contributed by atoms with E-state index >= 15 is 0 Å². The minimum atomic E-state index is -4.07. The van der Waals surface area contributed by atoms with Crippen LogP contribution in [0.15, 0.2) is 59.5 Å². The minimum absolute atomic E-state index is 0.0273. The Morgan fingerprint density at radius 2 is 1.71 bits per heavy atom. The lowest BCUT2D eigenvalue weighted by molar-refractivity contribution is -0.159. The van der Waals surface area contributed by atoms with Crippen LogP contribution in [-0.2, 0) is 30.1 Å². The molecule has 0 saturated carbocycles. The van der Waals surface area contributed by atoms with Crippen molar-refractivity contribution >= 4 is 33.7 Å². The third-order valence-corrected chi connectivity index (χ3v) is 8.22. The second kappa shape index (κ2) is 8.67. The molecular weight excluding hydrogens is 434 g/mol. The Morgan fingerprint density at radius 3 is 2.29 bits per heavy atom. The number of benzene rings is 2. The van der Waals surface area contributed by atoms with Crippen molar-refractivity contribution in [1.29, 1.82) is 0 Å². The van der Waals surface area contributed by atoms with Crippen molar-refractivity contribution in [3.8, 4) is 0 Å². The van der Waals surface area contributed by atoms with Crippen LogP contribution in [-0.4, -0.2) is 41.5 Å². The van der Waals surface area contributed by atoms with E-state index in [1.54, 1.807) is 32.9 Å². The summed E-state index contributed by atoms with van der Waals surface area (Å²) in [5, 5.41) is 0. The van der Waals surface area contributed by atoms with Crippen LogP contribution < -0.4 is 0 Å². The Balaban J connectivity index is 1.94. The monoisotopic (exact) mass is 461 g/mol. The highest BCUT2D eigenvalue weighted by atomic mass is 32.2. The van der Waals surface area contributed by atoms with Crippen molar-refractivity contribution in [3.63, 3.8) is 0 Å². The molecule has 1 aliphatic heterocycles. The number of aryl methyl sites for hydroxylation is 1. The highest BCUT2D eigenvalue weighted by Crippen LogP contribution is 2.42. The third-order valence-electron chi connectivity index (χ3n) is 4.90. The maximum atomic E-state index is 13.5. The topological polar surface area (TPSA) is 80.8 Å². The molecule has 6 nitrogen and oxygen atoms in total. The summed E-state index contributed by atoms with van der Waals surface area (Å²) < 4.78 is 31.1. The predicted octanol–water partition coefficient (Wildman–Crippen LogP) is 3.93. The number of ether oxygens (including phenoxy) is 1. The quantitative estimate of drug-likeness (QED) is 0.479. The number of carbonyl (C=O) groups excluding carboxylic acids is 2. The standard InChI is InChI=1S/C23H27NO5S2/c1-17-10-12-19(13-11-17)31(27,28)24-15-14-23(20(24)25,21(26)29-22(2,3)4)30-16-18-8-6-5-7-9-18/h5-13H,14-16H2,1-4H3/t23-/m1/s1. The number of carbonyl (C=O) groups is 2. The smallest absolute Gasteiger partial charge is 0.332 e. The Morgan fingerprint density at radius 1 is 1.10 bits per heavy atom. The van der Waals surface area contributed by atoms with E-state index in [1.165, 1.54) is 12.1 Å². The normalized spacial score (nSPS) is 19.5. The average Bonchev–Trinajstić information content (AvgIpc) is 3.04. The van der Waals surface area contributed by atoms with Crippen LogP contribution >= 0.6 is 11.8 Å². The van der Waals surface area contributed by atoms with Gasteiger partial charge in [0.2, 0.25) is 0 Å². The molecule has 166 valence electrons. The fraction of sp³-hybridized carbons (Fsp3) is 0.391. The second-order valence-corrected chi connectivity index (χ2v) is 11.7. The molecule has 3 rings (SSSR count). The molecule has 1 amide bonds. The van der Waals surface area contributed by atoms with E-state index in [0.717, 1.165) is 27.2 Å². The van der Waals surface area contributed by atoms with Crippen molar-refractivity contribution in [1.82, 2.24) is 4.31 Å². The number of hydrogen-bond donors (Lipinski definition) is 0. The van der Waals surface area contributed by atoms with Crippen molar-refractivity contribution < 1.29 is 22.7 Å².